The van der Waals surface area contributed by atoms with E-state index < -0.39 is 0 Å². The van der Waals surface area contributed by atoms with Gasteiger partial charge in [-0.2, -0.15) is 5.10 Å². The van der Waals surface area contributed by atoms with E-state index in [0.717, 1.165) is 21.3 Å². The predicted octanol–water partition coefficient (Wildman–Crippen LogP) is 1.34. The first-order valence-corrected chi connectivity index (χ1v) is 6.14. The van der Waals surface area contributed by atoms with Gasteiger partial charge in [-0.25, -0.2) is 4.98 Å². The molecule has 2 rings (SSSR count). The van der Waals surface area contributed by atoms with Gasteiger partial charge in [-0.3, -0.25) is 9.89 Å². The van der Waals surface area contributed by atoms with Crippen LogP contribution in [0.1, 0.15) is 21.3 Å². The average molecular weight is 250 g/mol. The van der Waals surface area contributed by atoms with E-state index in [2.05, 4.69) is 20.5 Å². The number of hydrogen-bond acceptors (Lipinski definition) is 4. The Labute approximate surface area is 103 Å². The van der Waals surface area contributed by atoms with Crippen LogP contribution in [0.25, 0.3) is 0 Å². The lowest BCUT2D eigenvalue weighted by atomic mass is 10.3. The van der Waals surface area contributed by atoms with E-state index in [9.17, 15) is 4.79 Å². The van der Waals surface area contributed by atoms with Gasteiger partial charge in [0.15, 0.2) is 0 Å². The molecule has 6 heteroatoms. The second kappa shape index (κ2) is 5.09. The van der Waals surface area contributed by atoms with Gasteiger partial charge in [0, 0.05) is 11.1 Å². The Kier molecular flexibility index (Phi) is 3.53. The fraction of sp³-hybridized carbons (Fsp3) is 0.364. The van der Waals surface area contributed by atoms with Gasteiger partial charge in [-0.1, -0.05) is 0 Å². The topological polar surface area (TPSA) is 70.7 Å². The third kappa shape index (κ3) is 3.13. The molecule has 0 fully saturated rings. The Morgan fingerprint density at radius 3 is 2.94 bits per heavy atom. The van der Waals surface area contributed by atoms with Crippen molar-refractivity contribution < 1.29 is 4.79 Å². The van der Waals surface area contributed by atoms with E-state index in [0.29, 0.717) is 13.0 Å². The monoisotopic (exact) mass is 250 g/mol. The Morgan fingerprint density at radius 1 is 1.53 bits per heavy atom. The smallest absolute Gasteiger partial charge is 0.225 e. The lowest BCUT2D eigenvalue weighted by Gasteiger charge is -2.02. The highest BCUT2D eigenvalue weighted by atomic mass is 32.1. The van der Waals surface area contributed by atoms with Crippen LogP contribution in [0, 0.1) is 13.8 Å². The number of nitrogens with zero attached hydrogens (tertiary/aromatic N) is 2. The van der Waals surface area contributed by atoms with Gasteiger partial charge in [-0.15, -0.1) is 11.3 Å². The van der Waals surface area contributed by atoms with E-state index >= 15 is 0 Å². The van der Waals surface area contributed by atoms with Crippen LogP contribution in [0.15, 0.2) is 12.3 Å². The SMILES string of the molecule is Cc1nc(C)c(CC(=O)NCc2ccn[nH]2)s1. The van der Waals surface area contributed by atoms with Gasteiger partial charge >= 0.3 is 0 Å². The van der Waals surface area contributed by atoms with Crippen LogP contribution in [-0.2, 0) is 17.8 Å². The molecular weight excluding hydrogens is 236 g/mol. The molecule has 0 saturated carbocycles. The van der Waals surface area contributed by atoms with Crippen LogP contribution in [0.5, 0.6) is 0 Å². The molecule has 2 aromatic heterocycles. The van der Waals surface area contributed by atoms with Crippen molar-refractivity contribution in [3.8, 4) is 0 Å². The fourth-order valence-corrected chi connectivity index (χ4v) is 2.46. The molecule has 0 aliphatic rings. The first kappa shape index (κ1) is 11.8. The summed E-state index contributed by atoms with van der Waals surface area (Å²) in [7, 11) is 0. The number of rotatable bonds is 4. The van der Waals surface area contributed by atoms with Crippen LogP contribution in [0.3, 0.4) is 0 Å². The van der Waals surface area contributed by atoms with E-state index in [-0.39, 0.29) is 5.91 Å². The summed E-state index contributed by atoms with van der Waals surface area (Å²) in [6.07, 6.45) is 2.06. The van der Waals surface area contributed by atoms with Gasteiger partial charge < -0.3 is 5.32 Å². The molecule has 2 heterocycles. The summed E-state index contributed by atoms with van der Waals surface area (Å²) in [6, 6.07) is 1.84. The minimum Gasteiger partial charge on any atom is -0.350 e. The number of carbonyl (C=O) groups excluding carboxylic acids is 1. The third-order valence-corrected chi connectivity index (χ3v) is 3.43. The van der Waals surface area contributed by atoms with Crippen molar-refractivity contribution in [3.63, 3.8) is 0 Å². The quantitative estimate of drug-likeness (QED) is 0.860. The Balaban J connectivity index is 1.87. The molecule has 90 valence electrons. The molecule has 0 aromatic carbocycles. The van der Waals surface area contributed by atoms with Crippen molar-refractivity contribution in [3.05, 3.63) is 33.5 Å². The summed E-state index contributed by atoms with van der Waals surface area (Å²) in [6.45, 7) is 4.36. The van der Waals surface area contributed by atoms with E-state index in [1.54, 1.807) is 17.5 Å². The van der Waals surface area contributed by atoms with Crippen LogP contribution in [0.2, 0.25) is 0 Å². The van der Waals surface area contributed by atoms with Gasteiger partial charge in [0.05, 0.1) is 29.4 Å². The number of nitrogens with one attached hydrogen (secondary N) is 2. The molecule has 2 N–H and O–H groups in total. The average Bonchev–Trinajstić information content (AvgIpc) is 2.87. The number of H-pyrrole nitrogens is 1. The summed E-state index contributed by atoms with van der Waals surface area (Å²) >= 11 is 1.57. The van der Waals surface area contributed by atoms with Crippen molar-refractivity contribution in [1.29, 1.82) is 0 Å². The Morgan fingerprint density at radius 2 is 2.35 bits per heavy atom. The van der Waals surface area contributed by atoms with Crippen LogP contribution >= 0.6 is 11.3 Å². The second-order valence-electron chi connectivity index (χ2n) is 3.78. The standard InChI is InChI=1S/C11H14N4OS/c1-7-10(17-8(2)14-7)5-11(16)12-6-9-3-4-13-15-9/h3-4H,5-6H2,1-2H3,(H,12,16)(H,13,15). The van der Waals surface area contributed by atoms with Gasteiger partial charge in [-0.05, 0) is 19.9 Å². The summed E-state index contributed by atoms with van der Waals surface area (Å²) < 4.78 is 0. The molecule has 1 amide bonds. The Bertz CT molecular complexity index is 504. The molecule has 0 aliphatic carbocycles. The maximum Gasteiger partial charge on any atom is 0.225 e. The van der Waals surface area contributed by atoms with Crippen molar-refractivity contribution >= 4 is 17.2 Å². The molecule has 0 bridgehead atoms. The molecule has 0 spiro atoms. The minimum absolute atomic E-state index is 0.00588. The molecule has 0 aliphatic heterocycles. The van der Waals surface area contributed by atoms with E-state index in [4.69, 9.17) is 0 Å². The van der Waals surface area contributed by atoms with Crippen LogP contribution in [0.4, 0.5) is 0 Å². The first-order valence-electron chi connectivity index (χ1n) is 5.33. The van der Waals surface area contributed by atoms with Gasteiger partial charge in [0.25, 0.3) is 0 Å². The van der Waals surface area contributed by atoms with Gasteiger partial charge in [0.2, 0.25) is 5.91 Å². The highest BCUT2D eigenvalue weighted by Crippen LogP contribution is 2.17. The zero-order chi connectivity index (χ0) is 12.3. The number of aryl methyl sites for hydroxylation is 2. The van der Waals surface area contributed by atoms with Gasteiger partial charge in [0.1, 0.15) is 0 Å². The molecule has 0 radical (unpaired) electrons. The molecule has 0 atom stereocenters. The van der Waals surface area contributed by atoms with Crippen molar-refractivity contribution in [2.45, 2.75) is 26.8 Å². The second-order valence-corrected chi connectivity index (χ2v) is 5.06. The molecular formula is C11H14N4OS. The number of aromatic nitrogens is 3. The number of carbonyl (C=O) groups is 1. The maximum absolute atomic E-state index is 11.7. The molecule has 0 unspecified atom stereocenters. The zero-order valence-electron chi connectivity index (χ0n) is 9.78. The number of amides is 1. The maximum atomic E-state index is 11.7. The fourth-order valence-electron chi connectivity index (χ4n) is 1.52. The van der Waals surface area contributed by atoms with E-state index in [1.807, 2.05) is 19.9 Å². The third-order valence-electron chi connectivity index (χ3n) is 2.36. The summed E-state index contributed by atoms with van der Waals surface area (Å²) in [5.41, 5.74) is 1.85. The van der Waals surface area contributed by atoms with Crippen molar-refractivity contribution in [2.24, 2.45) is 0 Å². The van der Waals surface area contributed by atoms with Crippen LogP contribution in [-0.4, -0.2) is 21.1 Å². The van der Waals surface area contributed by atoms with Crippen LogP contribution < -0.4 is 5.32 Å². The Hall–Kier alpha value is -1.69. The molecule has 5 nitrogen and oxygen atoms in total. The number of thiazole rings is 1. The normalized spacial score (nSPS) is 10.5. The summed E-state index contributed by atoms with van der Waals surface area (Å²) in [5, 5.41) is 10.5. The van der Waals surface area contributed by atoms with E-state index in [1.165, 1.54) is 0 Å². The number of aromatic amines is 1. The highest BCUT2D eigenvalue weighted by Gasteiger charge is 2.09. The zero-order valence-corrected chi connectivity index (χ0v) is 10.6. The summed E-state index contributed by atoms with van der Waals surface area (Å²) in [5.74, 6) is 0.00588. The summed E-state index contributed by atoms with van der Waals surface area (Å²) in [4.78, 5) is 17.0. The van der Waals surface area contributed by atoms with Crippen molar-refractivity contribution in [2.75, 3.05) is 0 Å². The van der Waals surface area contributed by atoms with Crippen molar-refractivity contribution in [1.82, 2.24) is 20.5 Å². The predicted molar refractivity (Wildman–Crippen MR) is 65.7 cm³/mol. The highest BCUT2D eigenvalue weighted by molar-refractivity contribution is 7.11. The number of hydrogen-bond donors (Lipinski definition) is 2. The minimum atomic E-state index is 0.00588. The first-order chi connectivity index (χ1) is 8.15. The lowest BCUT2D eigenvalue weighted by molar-refractivity contribution is -0.120. The molecule has 17 heavy (non-hydrogen) atoms. The largest absolute Gasteiger partial charge is 0.350 e. The molecule has 2 aromatic rings. The lowest BCUT2D eigenvalue weighted by Crippen LogP contribution is -2.24. The molecule has 0 saturated heterocycles.